The monoisotopic (exact) mass is 571 g/mol. The van der Waals surface area contributed by atoms with E-state index in [0.29, 0.717) is 0 Å². The second-order valence-electron chi connectivity index (χ2n) is 0.446. The molecule has 64 valence electrons. The van der Waals surface area contributed by atoms with E-state index in [2.05, 4.69) is 46.6 Å². The summed E-state index contributed by atoms with van der Waals surface area (Å²) in [6, 6.07) is 0. The molecule has 11 heavy (non-hydrogen) atoms. The van der Waals surface area contributed by atoms with E-state index < -0.39 is 10.3 Å². The average molecular weight is 570 g/mol. The Hall–Kier alpha value is 6.07. The Morgan fingerprint density at radius 2 is 1.27 bits per heavy atom. The van der Waals surface area contributed by atoms with E-state index in [4.69, 9.17) is 0 Å². The molecule has 0 bridgehead atoms. The molecule has 0 rings (SSSR count). The Bertz CT molecular complexity index is 540. The summed E-state index contributed by atoms with van der Waals surface area (Å²) in [6.07, 6.45) is 0. The van der Waals surface area contributed by atoms with Crippen molar-refractivity contribution in [2.75, 3.05) is 0 Å². The summed E-state index contributed by atoms with van der Waals surface area (Å²) in [7, 11) is 18.2. The van der Waals surface area contributed by atoms with Crippen LogP contribution in [0, 0.1) is 31.4 Å². The second kappa shape index (κ2) is 25.1. The predicted octanol–water partition coefficient (Wildman–Crippen LogP) is 6.02. The molecule has 0 saturated carbocycles. The molecule has 0 unspecified atom stereocenters. The van der Waals surface area contributed by atoms with Gasteiger partial charge >= 0.3 is 110 Å². The SMILES string of the molecule is [P]#[Co](#[P])#[P].[P]#[Mo][Ce]#[P].[P]#[Ni]#[P]. The molecule has 0 heterocycles. The van der Waals surface area contributed by atoms with Crippen LogP contribution in [0.4, 0.5) is 0 Å². The van der Waals surface area contributed by atoms with Crippen molar-refractivity contribution in [2.24, 2.45) is 0 Å². The second-order valence-corrected chi connectivity index (χ2v) is 33.4. The van der Waals surface area contributed by atoms with Crippen LogP contribution in [0.2, 0.25) is 0 Å². The van der Waals surface area contributed by atoms with E-state index in [1.54, 1.807) is 0 Å². The van der Waals surface area contributed by atoms with E-state index in [0.717, 1.165) is 12.2 Å². The van der Waals surface area contributed by atoms with Gasteiger partial charge in [-0.15, -0.1) is 0 Å². The molecule has 0 saturated heterocycles. The van der Waals surface area contributed by atoms with Gasteiger partial charge in [0.15, 0.2) is 0 Å². The third-order valence-corrected chi connectivity index (χ3v) is 15.8. The summed E-state index contributed by atoms with van der Waals surface area (Å²) in [4.78, 5) is 0. The van der Waals surface area contributed by atoms with Crippen molar-refractivity contribution in [3.63, 3.8) is 0 Å². The Balaban J connectivity index is -0.0000000886. The van der Waals surface area contributed by atoms with Gasteiger partial charge in [-0.25, -0.2) is 0 Å². The summed E-state index contributed by atoms with van der Waals surface area (Å²) in [6.45, 7) is 4.06. The van der Waals surface area contributed by atoms with E-state index in [1.807, 2.05) is 0 Å². The Morgan fingerprint density at radius 3 is 1.27 bits per heavy atom. The van der Waals surface area contributed by atoms with Gasteiger partial charge in [-0.3, -0.25) is 0 Å². The van der Waals surface area contributed by atoms with Gasteiger partial charge in [0, 0.05) is 0 Å². The van der Waals surface area contributed by atoms with Gasteiger partial charge < -0.3 is 0 Å². The van der Waals surface area contributed by atoms with E-state index >= 15 is 0 Å². The van der Waals surface area contributed by atoms with Gasteiger partial charge in [0.1, 0.15) is 0 Å². The molecular weight excluding hydrogens is 570 g/mol. The maximum atomic E-state index is 4.10. The fourth-order valence-electron chi connectivity index (χ4n) is 0. The molecule has 0 atom stereocenters. The zero-order chi connectivity index (χ0) is 9.70. The maximum absolute atomic E-state index is 4.10. The summed E-state index contributed by atoms with van der Waals surface area (Å²) >= 11 is 0.769. The van der Waals surface area contributed by atoms with Crippen molar-refractivity contribution in [3.05, 3.63) is 0 Å². The van der Waals surface area contributed by atoms with Crippen molar-refractivity contribution in [3.8, 4) is 0 Å². The molecule has 0 aliphatic heterocycles. The minimum absolute atomic E-state index is 0.235. The first-order chi connectivity index (χ1) is 5.06. The Labute approximate surface area is 107 Å². The van der Waals surface area contributed by atoms with Gasteiger partial charge in [0.25, 0.3) is 0 Å². The summed E-state index contributed by atoms with van der Waals surface area (Å²) < 4.78 is 4.10. The average Bonchev–Trinajstić information content (AvgIpc) is 1.88. The first-order valence-electron chi connectivity index (χ1n) is 1.34. The molecule has 11 heteroatoms. The van der Waals surface area contributed by atoms with Crippen LogP contribution in [0.1, 0.15) is 0 Å². The molecule has 0 aliphatic carbocycles. The first-order valence-corrected chi connectivity index (χ1v) is 25.9. The van der Waals surface area contributed by atoms with Gasteiger partial charge in [-0.2, -0.15) is 0 Å². The predicted molar refractivity (Wildman–Crippen MR) is 48.4 cm³/mol. The van der Waals surface area contributed by atoms with Crippen LogP contribution in [0.25, 0.3) is 0 Å². The van der Waals surface area contributed by atoms with Gasteiger partial charge in [0.2, 0.25) is 0 Å². The number of rotatable bonds is 0. The van der Waals surface area contributed by atoms with Crippen molar-refractivity contribution in [2.45, 2.75) is 0 Å². The Morgan fingerprint density at radius 1 is 1.18 bits per heavy atom. The molecule has 0 spiro atoms. The van der Waals surface area contributed by atoms with Crippen molar-refractivity contribution in [1.82, 2.24) is 0 Å². The molecule has 0 aromatic rings. The van der Waals surface area contributed by atoms with Crippen LogP contribution in [-0.2, 0) is 31.8 Å². The van der Waals surface area contributed by atoms with Crippen LogP contribution in [-0.4, -0.2) is 0 Å². The fourth-order valence-corrected chi connectivity index (χ4v) is 0. The molecule has 0 N–H and O–H groups in total. The third kappa shape index (κ3) is 63.6. The number of hydrogen-bond acceptors (Lipinski definition) is 0. The zero-order valence-corrected chi connectivity index (χ0v) is 18.1. The van der Waals surface area contributed by atoms with E-state index in [-0.39, 0.29) is 40.7 Å². The molecule has 0 aliphatic rings. The van der Waals surface area contributed by atoms with Crippen LogP contribution in [0.5, 0.6) is 0 Å². The van der Waals surface area contributed by atoms with Crippen LogP contribution < -0.4 is 0 Å². The van der Waals surface area contributed by atoms with Crippen molar-refractivity contribution >= 4 is 46.6 Å². The van der Waals surface area contributed by atoms with E-state index in [1.165, 1.54) is 0 Å². The van der Waals surface area contributed by atoms with Gasteiger partial charge in [-0.1, -0.05) is 0 Å². The van der Waals surface area contributed by atoms with Crippen LogP contribution >= 0.6 is 46.6 Å². The van der Waals surface area contributed by atoms with Gasteiger partial charge in [0.05, 0.1) is 0 Å². The van der Waals surface area contributed by atoms with Crippen molar-refractivity contribution in [1.29, 1.82) is 0 Å². The molecule has 0 radical (unpaired) electrons. The molecule has 0 fully saturated rings. The normalized spacial score (nSPS) is 4.45. The van der Waals surface area contributed by atoms with Crippen LogP contribution in [0.15, 0.2) is 0 Å². The molecular formula is CeCoMoNiP7. The summed E-state index contributed by atoms with van der Waals surface area (Å²) in [5, 5.41) is 0. The first kappa shape index (κ1) is 22.3. The van der Waals surface area contributed by atoms with Crippen LogP contribution in [0.3, 0.4) is 0 Å². The summed E-state index contributed by atoms with van der Waals surface area (Å²) in [5.74, 6) is 0. The van der Waals surface area contributed by atoms with Gasteiger partial charge in [-0.05, 0) is 0 Å². The third-order valence-electron chi connectivity index (χ3n) is 0.0408. The topological polar surface area (TPSA) is 0 Å². The summed E-state index contributed by atoms with van der Waals surface area (Å²) in [5.41, 5.74) is 0. The Kier molecular flexibility index (Phi) is 50.7. The van der Waals surface area contributed by atoms with E-state index in [9.17, 15) is 0 Å². The van der Waals surface area contributed by atoms with Crippen molar-refractivity contribution < 1.29 is 63.2 Å². The fraction of sp³-hybridized carbons (Fsp3) is 0. The number of hydrogen-bond donors (Lipinski definition) is 0. The quantitative estimate of drug-likeness (QED) is 0.247. The molecule has 0 amide bonds. The molecule has 0 aromatic heterocycles. The zero-order valence-electron chi connectivity index (χ0n) is 4.69. The standard InChI is InChI=1S/Ce.Co.Mo.Ni.7P. The molecule has 0 aromatic carbocycles. The molecule has 0 nitrogen and oxygen atoms in total. The minimum atomic E-state index is -0.521.